The van der Waals surface area contributed by atoms with Crippen molar-refractivity contribution in [3.05, 3.63) is 72.1 Å². The van der Waals surface area contributed by atoms with Crippen molar-refractivity contribution in [2.45, 2.75) is 6.42 Å². The van der Waals surface area contributed by atoms with E-state index >= 15 is 0 Å². The number of halogens is 1. The number of nitrogens with zero attached hydrogens (tertiary/aromatic N) is 2. The molecule has 0 radical (unpaired) electrons. The summed E-state index contributed by atoms with van der Waals surface area (Å²) >= 11 is 0. The van der Waals surface area contributed by atoms with Gasteiger partial charge in [0.15, 0.2) is 6.61 Å². The molecular formula is C24H20FN3O4. The number of ether oxygens (including phenoxy) is 1. The molecule has 2 fully saturated rings. The molecule has 7 nitrogen and oxygen atoms in total. The van der Waals surface area contributed by atoms with Crippen LogP contribution in [0.25, 0.3) is 0 Å². The minimum Gasteiger partial charge on any atom is -0.484 e. The van der Waals surface area contributed by atoms with E-state index < -0.39 is 11.7 Å². The molecule has 4 atom stereocenters. The van der Waals surface area contributed by atoms with Crippen LogP contribution in [0.4, 0.5) is 10.1 Å². The summed E-state index contributed by atoms with van der Waals surface area (Å²) in [7, 11) is 0. The summed E-state index contributed by atoms with van der Waals surface area (Å²) in [5.74, 6) is -1.25. The number of nitrogens with one attached hydrogen (secondary N) is 1. The van der Waals surface area contributed by atoms with Crippen molar-refractivity contribution in [1.82, 2.24) is 5.01 Å². The fourth-order valence-electron chi connectivity index (χ4n) is 4.72. The molecule has 32 heavy (non-hydrogen) atoms. The smallest absolute Gasteiger partial charge is 0.262 e. The fraction of sp³-hybridized carbons (Fsp3) is 0.250. The quantitative estimate of drug-likeness (QED) is 0.431. The van der Waals surface area contributed by atoms with Gasteiger partial charge in [-0.1, -0.05) is 30.4 Å². The number of benzene rings is 2. The predicted octanol–water partition coefficient (Wildman–Crippen LogP) is 2.98. The maximum Gasteiger partial charge on any atom is 0.262 e. The van der Waals surface area contributed by atoms with Gasteiger partial charge in [0.2, 0.25) is 0 Å². The van der Waals surface area contributed by atoms with E-state index in [4.69, 9.17) is 4.74 Å². The topological polar surface area (TPSA) is 88.1 Å². The Balaban J connectivity index is 1.20. The van der Waals surface area contributed by atoms with E-state index in [0.29, 0.717) is 17.0 Å². The number of hydrogen-bond acceptors (Lipinski definition) is 5. The van der Waals surface area contributed by atoms with E-state index in [-0.39, 0.29) is 42.1 Å². The molecule has 0 spiro atoms. The summed E-state index contributed by atoms with van der Waals surface area (Å²) in [6, 6.07) is 12.4. The van der Waals surface area contributed by atoms with Crippen molar-refractivity contribution in [2.75, 3.05) is 11.9 Å². The van der Waals surface area contributed by atoms with Gasteiger partial charge in [-0.25, -0.2) is 4.39 Å². The van der Waals surface area contributed by atoms with Gasteiger partial charge < -0.3 is 10.1 Å². The van der Waals surface area contributed by atoms with Crippen LogP contribution in [0.1, 0.15) is 12.0 Å². The number of rotatable bonds is 6. The maximum atomic E-state index is 13.2. The molecule has 1 heterocycles. The normalized spacial score (nSPS) is 25.6. The highest BCUT2D eigenvalue weighted by atomic mass is 19.1. The zero-order valence-corrected chi connectivity index (χ0v) is 17.0. The summed E-state index contributed by atoms with van der Waals surface area (Å²) < 4.78 is 18.7. The van der Waals surface area contributed by atoms with Gasteiger partial charge in [0, 0.05) is 5.69 Å². The number of anilines is 1. The van der Waals surface area contributed by atoms with Crippen LogP contribution in [0.5, 0.6) is 5.75 Å². The standard InChI is InChI=1S/C24H20FN3O4/c25-17-4-2-5-18(11-17)27-20(29)13-32-19-6-1-3-14(9-19)12-26-28-23(30)21-15-7-8-16(10-15)22(21)24(28)31/h1-9,11-12,15-16,21-22H,10,13H2,(H,27,29)/t15-,16-,21-,22+/m0/s1. The molecule has 0 aromatic heterocycles. The van der Waals surface area contributed by atoms with Crippen molar-refractivity contribution in [2.24, 2.45) is 28.8 Å². The summed E-state index contributed by atoms with van der Waals surface area (Å²) in [6.45, 7) is -0.265. The second kappa shape index (κ2) is 8.03. The van der Waals surface area contributed by atoms with E-state index in [1.54, 1.807) is 30.3 Å². The van der Waals surface area contributed by atoms with E-state index in [1.807, 2.05) is 12.2 Å². The summed E-state index contributed by atoms with van der Waals surface area (Å²) in [5, 5.41) is 7.69. The van der Waals surface area contributed by atoms with Gasteiger partial charge in [0.05, 0.1) is 18.1 Å². The van der Waals surface area contributed by atoms with E-state index in [2.05, 4.69) is 10.4 Å². The maximum absolute atomic E-state index is 13.2. The minimum atomic E-state index is -0.446. The van der Waals surface area contributed by atoms with Crippen molar-refractivity contribution in [1.29, 1.82) is 0 Å². The second-order valence-corrected chi connectivity index (χ2v) is 8.15. The minimum absolute atomic E-state index is 0.136. The number of imide groups is 1. The zero-order valence-electron chi connectivity index (χ0n) is 17.0. The SMILES string of the molecule is O=C(COc1cccc(C=NN2C(=O)[C@@H]3[C@H](C2=O)[C@H]2C=C[C@H]3C2)c1)Nc1cccc(F)c1. The third kappa shape index (κ3) is 3.68. The van der Waals surface area contributed by atoms with Crippen LogP contribution in [0.15, 0.2) is 65.8 Å². The number of amides is 3. The lowest BCUT2D eigenvalue weighted by molar-refractivity contribution is -0.140. The Labute approximate surface area is 183 Å². The van der Waals surface area contributed by atoms with Gasteiger partial charge >= 0.3 is 0 Å². The average Bonchev–Trinajstić information content (AvgIpc) is 3.45. The van der Waals surface area contributed by atoms with Crippen molar-refractivity contribution < 1.29 is 23.5 Å². The molecule has 5 rings (SSSR count). The zero-order chi connectivity index (χ0) is 22.2. The largest absolute Gasteiger partial charge is 0.484 e. The number of carbonyl (C=O) groups is 3. The lowest BCUT2D eigenvalue weighted by Gasteiger charge is -2.13. The van der Waals surface area contributed by atoms with Crippen LogP contribution in [0.2, 0.25) is 0 Å². The van der Waals surface area contributed by atoms with Crippen molar-refractivity contribution in [3.8, 4) is 5.75 Å². The van der Waals surface area contributed by atoms with Gasteiger partial charge in [-0.2, -0.15) is 10.1 Å². The van der Waals surface area contributed by atoms with Gasteiger partial charge in [-0.05, 0) is 54.2 Å². The summed E-state index contributed by atoms with van der Waals surface area (Å²) in [5.41, 5.74) is 0.958. The number of hydrogen-bond donors (Lipinski definition) is 1. The Bertz CT molecular complexity index is 1130. The Morgan fingerprint density at radius 2 is 1.81 bits per heavy atom. The van der Waals surface area contributed by atoms with Gasteiger partial charge in [0.25, 0.3) is 17.7 Å². The molecule has 2 aliphatic carbocycles. The number of allylic oxidation sites excluding steroid dienone is 2. The molecule has 1 N–H and O–H groups in total. The fourth-order valence-corrected chi connectivity index (χ4v) is 4.72. The Morgan fingerprint density at radius 1 is 1.09 bits per heavy atom. The monoisotopic (exact) mass is 433 g/mol. The Morgan fingerprint density at radius 3 is 2.53 bits per heavy atom. The van der Waals surface area contributed by atoms with Crippen LogP contribution in [-0.4, -0.2) is 35.6 Å². The molecule has 3 aliphatic rings. The summed E-state index contributed by atoms with van der Waals surface area (Å²) in [6.07, 6.45) is 6.38. The lowest BCUT2D eigenvalue weighted by atomic mass is 9.85. The first-order chi connectivity index (χ1) is 15.5. The molecular weight excluding hydrogens is 413 g/mol. The van der Waals surface area contributed by atoms with Crippen LogP contribution in [0, 0.1) is 29.5 Å². The molecule has 8 heteroatoms. The van der Waals surface area contributed by atoms with E-state index in [9.17, 15) is 18.8 Å². The number of hydrazone groups is 1. The Hall–Kier alpha value is -3.81. The second-order valence-electron chi connectivity index (χ2n) is 8.15. The molecule has 1 saturated carbocycles. The number of carbonyl (C=O) groups excluding carboxylic acids is 3. The van der Waals surface area contributed by atoms with Crippen LogP contribution < -0.4 is 10.1 Å². The van der Waals surface area contributed by atoms with E-state index in [0.717, 1.165) is 11.4 Å². The highest BCUT2D eigenvalue weighted by molar-refractivity contribution is 6.06. The van der Waals surface area contributed by atoms with Gasteiger partial charge in [-0.3, -0.25) is 14.4 Å². The third-order valence-electron chi connectivity index (χ3n) is 6.11. The van der Waals surface area contributed by atoms with Gasteiger partial charge in [-0.15, -0.1) is 0 Å². The molecule has 162 valence electrons. The van der Waals surface area contributed by atoms with Crippen LogP contribution in [0.3, 0.4) is 0 Å². The predicted molar refractivity (Wildman–Crippen MR) is 114 cm³/mol. The third-order valence-corrected chi connectivity index (χ3v) is 6.11. The molecule has 2 aromatic carbocycles. The van der Waals surface area contributed by atoms with Gasteiger partial charge in [0.1, 0.15) is 11.6 Å². The lowest BCUT2D eigenvalue weighted by Crippen LogP contribution is -2.28. The molecule has 1 aliphatic heterocycles. The Kier molecular flexibility index (Phi) is 5.05. The molecule has 3 amide bonds. The van der Waals surface area contributed by atoms with Crippen LogP contribution in [-0.2, 0) is 14.4 Å². The number of fused-ring (bicyclic) bond motifs is 5. The first-order valence-electron chi connectivity index (χ1n) is 10.4. The first kappa shape index (κ1) is 20.1. The molecule has 1 saturated heterocycles. The van der Waals surface area contributed by atoms with Crippen LogP contribution >= 0.6 is 0 Å². The first-order valence-corrected chi connectivity index (χ1v) is 10.4. The highest BCUT2D eigenvalue weighted by Crippen LogP contribution is 2.52. The van der Waals surface area contributed by atoms with E-state index in [1.165, 1.54) is 24.4 Å². The van der Waals surface area contributed by atoms with Crippen molar-refractivity contribution in [3.63, 3.8) is 0 Å². The molecule has 2 bridgehead atoms. The average molecular weight is 433 g/mol. The highest BCUT2D eigenvalue weighted by Gasteiger charge is 2.59. The molecule has 0 unspecified atom stereocenters. The summed E-state index contributed by atoms with van der Waals surface area (Å²) in [4.78, 5) is 37.4. The van der Waals surface area contributed by atoms with Crippen molar-refractivity contribution >= 4 is 29.6 Å². The molecule has 2 aromatic rings.